The van der Waals surface area contributed by atoms with E-state index in [-0.39, 0.29) is 5.92 Å². The van der Waals surface area contributed by atoms with Crippen LogP contribution >= 0.6 is 0 Å². The van der Waals surface area contributed by atoms with Crippen LogP contribution in [0.25, 0.3) is 0 Å². The number of aliphatic carboxylic acids is 1. The molecule has 2 aromatic rings. The van der Waals surface area contributed by atoms with E-state index in [0.29, 0.717) is 12.8 Å². The molecule has 1 aromatic carbocycles. The minimum absolute atomic E-state index is 0.225. The first kappa shape index (κ1) is 19.7. The first-order valence-electron chi connectivity index (χ1n) is 10.7. The molecule has 0 saturated carbocycles. The third-order valence-electron chi connectivity index (χ3n) is 6.28. The standard InChI is InChI=1S/C23H30N4O2/c1-17-24-21(16-22(25-17)27-13-9-20(10-14-27)23(28)29)26-11-7-19(8-12-26)15-18-5-3-2-4-6-18/h2-6,16,19-20H,7-15H2,1H3,(H,28,29). The van der Waals surface area contributed by atoms with Gasteiger partial charge in [0.05, 0.1) is 5.92 Å². The highest BCUT2D eigenvalue weighted by Gasteiger charge is 2.26. The van der Waals surface area contributed by atoms with Crippen molar-refractivity contribution in [3.8, 4) is 0 Å². The number of anilines is 2. The molecule has 4 rings (SSSR count). The van der Waals surface area contributed by atoms with Gasteiger partial charge in [0.2, 0.25) is 0 Å². The van der Waals surface area contributed by atoms with Gasteiger partial charge < -0.3 is 14.9 Å². The molecule has 6 nitrogen and oxygen atoms in total. The molecule has 1 aromatic heterocycles. The summed E-state index contributed by atoms with van der Waals surface area (Å²) in [7, 11) is 0. The van der Waals surface area contributed by atoms with Crippen molar-refractivity contribution in [1.29, 1.82) is 0 Å². The fourth-order valence-electron chi connectivity index (χ4n) is 4.53. The van der Waals surface area contributed by atoms with Crippen LogP contribution in [0.15, 0.2) is 36.4 Å². The average Bonchev–Trinajstić information content (AvgIpc) is 2.75. The maximum atomic E-state index is 11.2. The van der Waals surface area contributed by atoms with Crippen LogP contribution < -0.4 is 9.80 Å². The molecule has 0 atom stereocenters. The van der Waals surface area contributed by atoms with E-state index in [0.717, 1.165) is 56.0 Å². The zero-order valence-corrected chi connectivity index (χ0v) is 17.1. The number of aromatic nitrogens is 2. The summed E-state index contributed by atoms with van der Waals surface area (Å²) in [5.41, 5.74) is 1.43. The predicted molar refractivity (Wildman–Crippen MR) is 114 cm³/mol. The molecule has 2 aliphatic rings. The van der Waals surface area contributed by atoms with E-state index in [2.05, 4.69) is 51.2 Å². The molecule has 0 amide bonds. The monoisotopic (exact) mass is 394 g/mol. The zero-order chi connectivity index (χ0) is 20.2. The van der Waals surface area contributed by atoms with Crippen LogP contribution in [0.3, 0.4) is 0 Å². The lowest BCUT2D eigenvalue weighted by atomic mass is 9.90. The lowest BCUT2D eigenvalue weighted by molar-refractivity contribution is -0.142. The topological polar surface area (TPSA) is 69.6 Å². The predicted octanol–water partition coefficient (Wildman–Crippen LogP) is 3.55. The Labute approximate surface area is 172 Å². The summed E-state index contributed by atoms with van der Waals surface area (Å²) in [5.74, 6) is 2.55. The molecule has 2 fully saturated rings. The number of benzene rings is 1. The molecule has 0 unspecified atom stereocenters. The minimum Gasteiger partial charge on any atom is -0.481 e. The number of carboxylic acids is 1. The lowest BCUT2D eigenvalue weighted by Crippen LogP contribution is -2.38. The Bertz CT molecular complexity index is 826. The molecule has 29 heavy (non-hydrogen) atoms. The third kappa shape index (κ3) is 4.86. The smallest absolute Gasteiger partial charge is 0.306 e. The van der Waals surface area contributed by atoms with Crippen LogP contribution in [0.1, 0.15) is 37.1 Å². The number of hydrogen-bond donors (Lipinski definition) is 1. The molecular formula is C23H30N4O2. The Kier molecular flexibility index (Phi) is 5.97. The second kappa shape index (κ2) is 8.80. The molecule has 0 radical (unpaired) electrons. The van der Waals surface area contributed by atoms with Gasteiger partial charge in [0, 0.05) is 32.2 Å². The van der Waals surface area contributed by atoms with Crippen LogP contribution in [0.5, 0.6) is 0 Å². The Morgan fingerprint density at radius 3 is 2.07 bits per heavy atom. The zero-order valence-electron chi connectivity index (χ0n) is 17.1. The van der Waals surface area contributed by atoms with Crippen molar-refractivity contribution in [2.75, 3.05) is 36.0 Å². The quantitative estimate of drug-likeness (QED) is 0.836. The van der Waals surface area contributed by atoms with Crippen molar-refractivity contribution in [2.45, 2.75) is 39.0 Å². The highest BCUT2D eigenvalue weighted by atomic mass is 16.4. The normalized spacial score (nSPS) is 18.8. The van der Waals surface area contributed by atoms with Gasteiger partial charge in [0.1, 0.15) is 17.5 Å². The molecular weight excluding hydrogens is 364 g/mol. The summed E-state index contributed by atoms with van der Waals surface area (Å²) in [6.07, 6.45) is 4.87. The molecule has 3 heterocycles. The van der Waals surface area contributed by atoms with E-state index in [9.17, 15) is 9.90 Å². The first-order chi connectivity index (χ1) is 14.1. The second-order valence-corrected chi connectivity index (χ2v) is 8.35. The van der Waals surface area contributed by atoms with Gasteiger partial charge in [-0.05, 0) is 50.5 Å². The average molecular weight is 395 g/mol. The Morgan fingerprint density at radius 2 is 1.52 bits per heavy atom. The Balaban J connectivity index is 1.38. The van der Waals surface area contributed by atoms with E-state index in [4.69, 9.17) is 4.98 Å². The molecule has 154 valence electrons. The largest absolute Gasteiger partial charge is 0.481 e. The molecule has 0 aliphatic carbocycles. The van der Waals surface area contributed by atoms with Gasteiger partial charge in [-0.3, -0.25) is 4.79 Å². The maximum absolute atomic E-state index is 11.2. The van der Waals surface area contributed by atoms with Crippen molar-refractivity contribution < 1.29 is 9.90 Å². The highest BCUT2D eigenvalue weighted by molar-refractivity contribution is 5.70. The van der Waals surface area contributed by atoms with Gasteiger partial charge in [0.15, 0.2) is 0 Å². The van der Waals surface area contributed by atoms with Crippen LogP contribution in [-0.4, -0.2) is 47.2 Å². The molecule has 2 aliphatic heterocycles. The number of hydrogen-bond acceptors (Lipinski definition) is 5. The van der Waals surface area contributed by atoms with Gasteiger partial charge in [0.25, 0.3) is 0 Å². The molecule has 1 N–H and O–H groups in total. The minimum atomic E-state index is -0.678. The fourth-order valence-corrected chi connectivity index (χ4v) is 4.53. The SMILES string of the molecule is Cc1nc(N2CCC(Cc3ccccc3)CC2)cc(N2CCC(C(=O)O)CC2)n1. The molecule has 0 spiro atoms. The van der Waals surface area contributed by atoms with Crippen LogP contribution in [-0.2, 0) is 11.2 Å². The van der Waals surface area contributed by atoms with E-state index in [1.54, 1.807) is 0 Å². The van der Waals surface area contributed by atoms with Gasteiger partial charge >= 0.3 is 5.97 Å². The molecule has 6 heteroatoms. The van der Waals surface area contributed by atoms with Crippen molar-refractivity contribution in [2.24, 2.45) is 11.8 Å². The summed E-state index contributed by atoms with van der Waals surface area (Å²) in [6, 6.07) is 12.8. The van der Waals surface area contributed by atoms with Crippen LogP contribution in [0.2, 0.25) is 0 Å². The molecule has 2 saturated heterocycles. The Morgan fingerprint density at radius 1 is 0.966 bits per heavy atom. The number of piperidine rings is 2. The summed E-state index contributed by atoms with van der Waals surface area (Å²) >= 11 is 0. The van der Waals surface area contributed by atoms with Crippen molar-refractivity contribution in [3.63, 3.8) is 0 Å². The van der Waals surface area contributed by atoms with Gasteiger partial charge in [-0.15, -0.1) is 0 Å². The third-order valence-corrected chi connectivity index (χ3v) is 6.28. The summed E-state index contributed by atoms with van der Waals surface area (Å²) < 4.78 is 0. The maximum Gasteiger partial charge on any atom is 0.306 e. The van der Waals surface area contributed by atoms with E-state index >= 15 is 0 Å². The number of nitrogens with zero attached hydrogens (tertiary/aromatic N) is 4. The van der Waals surface area contributed by atoms with Crippen LogP contribution in [0, 0.1) is 18.8 Å². The first-order valence-corrected chi connectivity index (χ1v) is 10.7. The second-order valence-electron chi connectivity index (χ2n) is 8.35. The van der Waals surface area contributed by atoms with Crippen LogP contribution in [0.4, 0.5) is 11.6 Å². The fraction of sp³-hybridized carbons (Fsp3) is 0.522. The van der Waals surface area contributed by atoms with Gasteiger partial charge in [-0.25, -0.2) is 9.97 Å². The highest BCUT2D eigenvalue weighted by Crippen LogP contribution is 2.28. The number of aryl methyl sites for hydroxylation is 1. The summed E-state index contributed by atoms with van der Waals surface area (Å²) in [6.45, 7) is 5.47. The summed E-state index contributed by atoms with van der Waals surface area (Å²) in [5, 5.41) is 9.22. The van der Waals surface area contributed by atoms with E-state index in [1.807, 2.05) is 6.92 Å². The Hall–Kier alpha value is -2.63. The number of rotatable bonds is 5. The van der Waals surface area contributed by atoms with Crippen molar-refractivity contribution in [1.82, 2.24) is 9.97 Å². The number of carboxylic acid groups (broad SMARTS) is 1. The van der Waals surface area contributed by atoms with Gasteiger partial charge in [-0.2, -0.15) is 0 Å². The summed E-state index contributed by atoms with van der Waals surface area (Å²) in [4.78, 5) is 25.1. The van der Waals surface area contributed by atoms with Gasteiger partial charge in [-0.1, -0.05) is 30.3 Å². The van der Waals surface area contributed by atoms with Crippen molar-refractivity contribution in [3.05, 3.63) is 47.8 Å². The lowest BCUT2D eigenvalue weighted by Gasteiger charge is -2.34. The van der Waals surface area contributed by atoms with Crippen molar-refractivity contribution >= 4 is 17.6 Å². The van der Waals surface area contributed by atoms with E-state index < -0.39 is 5.97 Å². The molecule has 0 bridgehead atoms. The van der Waals surface area contributed by atoms with E-state index in [1.165, 1.54) is 18.4 Å². The number of carbonyl (C=O) groups is 1.